The quantitative estimate of drug-likeness (QED) is 0.672. The summed E-state index contributed by atoms with van der Waals surface area (Å²) < 4.78 is 15.1. The van der Waals surface area contributed by atoms with Gasteiger partial charge < -0.3 is 19.7 Å². The molecular weight excluding hydrogens is 342 g/mol. The Kier molecular flexibility index (Phi) is 5.42. The van der Waals surface area contributed by atoms with Gasteiger partial charge in [-0.3, -0.25) is 4.79 Å². The molecule has 130 valence electrons. The van der Waals surface area contributed by atoms with Crippen molar-refractivity contribution in [2.24, 2.45) is 0 Å². The number of aliphatic hydroxyl groups is 1. The van der Waals surface area contributed by atoms with E-state index in [2.05, 4.69) is 14.8 Å². The number of ether oxygens (including phenoxy) is 1. The van der Waals surface area contributed by atoms with Crippen LogP contribution in [-0.4, -0.2) is 33.7 Å². The lowest BCUT2D eigenvalue weighted by Crippen LogP contribution is -2.25. The highest BCUT2D eigenvalue weighted by atomic mass is 32.1. The Hall–Kier alpha value is -2.71. The minimum absolute atomic E-state index is 0.108. The van der Waals surface area contributed by atoms with Gasteiger partial charge in [-0.1, -0.05) is 35.5 Å². The average Bonchev–Trinajstić information content (AvgIpc) is 3.25. The third-order valence-corrected chi connectivity index (χ3v) is 4.28. The van der Waals surface area contributed by atoms with Crippen molar-refractivity contribution >= 4 is 17.4 Å². The van der Waals surface area contributed by atoms with Crippen LogP contribution in [0.15, 0.2) is 40.9 Å². The summed E-state index contributed by atoms with van der Waals surface area (Å²) in [5.41, 5.74) is 2.51. The lowest BCUT2D eigenvalue weighted by Gasteiger charge is -2.04. The summed E-state index contributed by atoms with van der Waals surface area (Å²) in [6.07, 6.45) is 0. The highest BCUT2D eigenvalue weighted by Gasteiger charge is 2.16. The van der Waals surface area contributed by atoms with E-state index in [9.17, 15) is 4.79 Å². The van der Waals surface area contributed by atoms with E-state index < -0.39 is 0 Å². The van der Waals surface area contributed by atoms with Gasteiger partial charge in [-0.25, -0.2) is 0 Å². The van der Waals surface area contributed by atoms with E-state index >= 15 is 0 Å². The number of benzene rings is 1. The zero-order valence-corrected chi connectivity index (χ0v) is 14.4. The predicted molar refractivity (Wildman–Crippen MR) is 92.5 cm³/mol. The van der Waals surface area contributed by atoms with Gasteiger partial charge in [0.25, 0.3) is 5.91 Å². The van der Waals surface area contributed by atoms with Gasteiger partial charge in [-0.2, -0.15) is 4.37 Å². The standard InChI is InChI=1S/C17H17N3O4S/c1-11-13(16(19-24-11)12-5-3-2-4-6-12)10-23-15-9-14(25-20-15)17(22)18-7-8-21/h2-6,9,21H,7-8,10H2,1H3,(H,18,22). The molecule has 2 heterocycles. The Labute approximate surface area is 148 Å². The number of aliphatic hydroxyl groups excluding tert-OH is 1. The van der Waals surface area contributed by atoms with E-state index in [0.29, 0.717) is 16.5 Å². The van der Waals surface area contributed by atoms with Crippen molar-refractivity contribution in [2.75, 3.05) is 13.2 Å². The lowest BCUT2D eigenvalue weighted by molar-refractivity contribution is 0.0948. The highest BCUT2D eigenvalue weighted by molar-refractivity contribution is 7.08. The van der Waals surface area contributed by atoms with Crippen molar-refractivity contribution in [2.45, 2.75) is 13.5 Å². The molecule has 7 nitrogen and oxygen atoms in total. The Balaban J connectivity index is 1.70. The number of carbonyl (C=O) groups is 1. The number of aryl methyl sites for hydroxylation is 1. The number of nitrogens with one attached hydrogen (secondary N) is 1. The number of nitrogens with zero attached hydrogens (tertiary/aromatic N) is 2. The molecule has 0 saturated carbocycles. The van der Waals surface area contributed by atoms with Crippen LogP contribution in [0.25, 0.3) is 11.3 Å². The molecule has 2 N–H and O–H groups in total. The van der Waals surface area contributed by atoms with Crippen molar-refractivity contribution in [1.29, 1.82) is 0 Å². The zero-order valence-electron chi connectivity index (χ0n) is 13.6. The summed E-state index contributed by atoms with van der Waals surface area (Å²) in [6.45, 7) is 2.16. The van der Waals surface area contributed by atoms with Crippen LogP contribution in [0.4, 0.5) is 0 Å². The summed E-state index contributed by atoms with van der Waals surface area (Å²) in [4.78, 5) is 12.2. The van der Waals surface area contributed by atoms with Gasteiger partial charge in [0.05, 0.1) is 12.2 Å². The molecule has 0 radical (unpaired) electrons. The summed E-state index contributed by atoms with van der Waals surface area (Å²) in [6, 6.07) is 11.3. The molecule has 2 aromatic heterocycles. The molecule has 0 unspecified atom stereocenters. The van der Waals surface area contributed by atoms with Crippen molar-refractivity contribution in [3.8, 4) is 17.1 Å². The van der Waals surface area contributed by atoms with Crippen LogP contribution in [0.2, 0.25) is 0 Å². The smallest absolute Gasteiger partial charge is 0.263 e. The molecule has 0 bridgehead atoms. The molecule has 3 rings (SSSR count). The molecule has 1 aromatic carbocycles. The first kappa shape index (κ1) is 17.1. The van der Waals surface area contributed by atoms with E-state index in [4.69, 9.17) is 14.4 Å². The van der Waals surface area contributed by atoms with Crippen molar-refractivity contribution in [3.05, 3.63) is 52.6 Å². The Morgan fingerprint density at radius 3 is 2.92 bits per heavy atom. The fourth-order valence-corrected chi connectivity index (χ4v) is 2.82. The fraction of sp³-hybridized carbons (Fsp3) is 0.235. The van der Waals surface area contributed by atoms with Crippen LogP contribution in [0, 0.1) is 6.92 Å². The molecule has 25 heavy (non-hydrogen) atoms. The van der Waals surface area contributed by atoms with Gasteiger partial charge in [0.1, 0.15) is 22.9 Å². The second-order valence-electron chi connectivity index (χ2n) is 5.23. The van der Waals surface area contributed by atoms with E-state index in [1.807, 2.05) is 37.3 Å². The highest BCUT2D eigenvalue weighted by Crippen LogP contribution is 2.26. The molecule has 0 aliphatic heterocycles. The summed E-state index contributed by atoms with van der Waals surface area (Å²) in [5.74, 6) is 0.751. The zero-order chi connectivity index (χ0) is 17.6. The van der Waals surface area contributed by atoms with Gasteiger partial charge in [0, 0.05) is 18.2 Å². The maximum Gasteiger partial charge on any atom is 0.263 e. The van der Waals surface area contributed by atoms with Crippen LogP contribution < -0.4 is 10.1 Å². The molecule has 0 saturated heterocycles. The number of amides is 1. The van der Waals surface area contributed by atoms with Crippen LogP contribution >= 0.6 is 11.5 Å². The van der Waals surface area contributed by atoms with Crippen LogP contribution in [0.3, 0.4) is 0 Å². The normalized spacial score (nSPS) is 10.6. The maximum atomic E-state index is 11.8. The Morgan fingerprint density at radius 2 is 2.16 bits per heavy atom. The average molecular weight is 359 g/mol. The molecule has 0 aliphatic carbocycles. The van der Waals surface area contributed by atoms with Crippen LogP contribution in [0.1, 0.15) is 21.0 Å². The maximum absolute atomic E-state index is 11.8. The number of hydrogen-bond donors (Lipinski definition) is 2. The van der Waals surface area contributed by atoms with Crippen LogP contribution in [-0.2, 0) is 6.61 Å². The molecule has 3 aromatic rings. The molecule has 0 atom stereocenters. The second-order valence-corrected chi connectivity index (χ2v) is 6.03. The molecule has 0 spiro atoms. The van der Waals surface area contributed by atoms with Gasteiger partial charge in [0.2, 0.25) is 5.88 Å². The summed E-state index contributed by atoms with van der Waals surface area (Å²) in [7, 11) is 0. The first-order valence-electron chi connectivity index (χ1n) is 7.68. The SMILES string of the molecule is Cc1onc(-c2ccccc2)c1COc1cc(C(=O)NCCO)sn1. The third kappa shape index (κ3) is 4.04. The second kappa shape index (κ2) is 7.91. The predicted octanol–water partition coefficient (Wildman–Crippen LogP) is 2.41. The first-order valence-corrected chi connectivity index (χ1v) is 8.45. The largest absolute Gasteiger partial charge is 0.472 e. The first-order chi connectivity index (χ1) is 12.2. The van der Waals surface area contributed by atoms with Gasteiger partial charge in [-0.15, -0.1) is 0 Å². The molecule has 1 amide bonds. The fourth-order valence-electron chi connectivity index (χ4n) is 2.22. The molecular formula is C17H17N3O4S. The van der Waals surface area contributed by atoms with E-state index in [1.54, 1.807) is 6.07 Å². The molecule has 8 heteroatoms. The summed E-state index contributed by atoms with van der Waals surface area (Å²) in [5, 5.41) is 15.4. The van der Waals surface area contributed by atoms with Crippen molar-refractivity contribution in [3.63, 3.8) is 0 Å². The van der Waals surface area contributed by atoms with Gasteiger partial charge >= 0.3 is 0 Å². The van der Waals surface area contributed by atoms with Crippen LogP contribution in [0.5, 0.6) is 5.88 Å². The minimum Gasteiger partial charge on any atom is -0.472 e. The van der Waals surface area contributed by atoms with E-state index in [-0.39, 0.29) is 25.7 Å². The van der Waals surface area contributed by atoms with Crippen molar-refractivity contribution in [1.82, 2.24) is 14.8 Å². The monoisotopic (exact) mass is 359 g/mol. The Morgan fingerprint density at radius 1 is 1.36 bits per heavy atom. The van der Waals surface area contributed by atoms with E-state index in [0.717, 1.165) is 28.4 Å². The number of aromatic nitrogens is 2. The lowest BCUT2D eigenvalue weighted by atomic mass is 10.1. The summed E-state index contributed by atoms with van der Waals surface area (Å²) >= 11 is 1.04. The number of hydrogen-bond acceptors (Lipinski definition) is 7. The molecule has 0 aliphatic rings. The topological polar surface area (TPSA) is 97.5 Å². The number of rotatable bonds is 7. The van der Waals surface area contributed by atoms with Gasteiger partial charge in [-0.05, 0) is 18.5 Å². The number of carbonyl (C=O) groups excluding carboxylic acids is 1. The van der Waals surface area contributed by atoms with E-state index in [1.165, 1.54) is 0 Å². The third-order valence-electron chi connectivity index (χ3n) is 3.51. The Bertz CT molecular complexity index is 845. The minimum atomic E-state index is -0.285. The van der Waals surface area contributed by atoms with Gasteiger partial charge in [0.15, 0.2) is 0 Å². The molecule has 0 fully saturated rings. The van der Waals surface area contributed by atoms with Crippen molar-refractivity contribution < 1.29 is 19.2 Å².